The molecule has 0 aliphatic carbocycles. The first-order valence-corrected chi connectivity index (χ1v) is 11.5. The standard InChI is InChI=1S/C26H35N3O4/c1-18(2)17-29-21-12-9-8-11-20(21)28-24(29)13-7-6-10-14-27-26(30)19-15-22(31-3)25(33-5)23(16-19)32-4/h8-9,11-12,15-16,18H,6-7,10,13-14,17H2,1-5H3,(H,27,30). The largest absolute Gasteiger partial charge is 0.493 e. The molecule has 1 heterocycles. The van der Waals surface area contributed by atoms with Crippen LogP contribution in [0, 0.1) is 5.92 Å². The number of hydrogen-bond acceptors (Lipinski definition) is 5. The number of methoxy groups -OCH3 is 3. The Bertz CT molecular complexity index is 1050. The fraction of sp³-hybridized carbons (Fsp3) is 0.462. The Morgan fingerprint density at radius 2 is 1.70 bits per heavy atom. The highest BCUT2D eigenvalue weighted by Crippen LogP contribution is 2.38. The van der Waals surface area contributed by atoms with E-state index in [0.717, 1.165) is 43.6 Å². The Morgan fingerprint density at radius 3 is 2.33 bits per heavy atom. The van der Waals surface area contributed by atoms with Gasteiger partial charge in [-0.1, -0.05) is 32.4 Å². The van der Waals surface area contributed by atoms with Crippen molar-refractivity contribution < 1.29 is 19.0 Å². The number of rotatable bonds is 12. The molecule has 7 heteroatoms. The van der Waals surface area contributed by atoms with Crippen molar-refractivity contribution in [2.45, 2.75) is 46.1 Å². The number of benzene rings is 2. The van der Waals surface area contributed by atoms with Gasteiger partial charge in [0.15, 0.2) is 11.5 Å². The predicted molar refractivity (Wildman–Crippen MR) is 131 cm³/mol. The van der Waals surface area contributed by atoms with Crippen LogP contribution in [0.15, 0.2) is 36.4 Å². The summed E-state index contributed by atoms with van der Waals surface area (Å²) in [5.41, 5.74) is 2.75. The van der Waals surface area contributed by atoms with Gasteiger partial charge in [0.2, 0.25) is 5.75 Å². The van der Waals surface area contributed by atoms with Crippen LogP contribution in [0.4, 0.5) is 0 Å². The summed E-state index contributed by atoms with van der Waals surface area (Å²) in [5, 5.41) is 2.99. The summed E-state index contributed by atoms with van der Waals surface area (Å²) in [7, 11) is 4.61. The molecule has 178 valence electrons. The van der Waals surface area contributed by atoms with Gasteiger partial charge >= 0.3 is 0 Å². The van der Waals surface area contributed by atoms with E-state index < -0.39 is 0 Å². The molecule has 1 aromatic heterocycles. The summed E-state index contributed by atoms with van der Waals surface area (Å²) >= 11 is 0. The maximum Gasteiger partial charge on any atom is 0.251 e. The molecule has 0 bridgehead atoms. The second kappa shape index (κ2) is 11.6. The fourth-order valence-electron chi connectivity index (χ4n) is 3.99. The first-order chi connectivity index (χ1) is 16.0. The Morgan fingerprint density at radius 1 is 1.00 bits per heavy atom. The zero-order chi connectivity index (χ0) is 23.8. The molecule has 3 aromatic rings. The van der Waals surface area contributed by atoms with Crippen molar-refractivity contribution in [3.63, 3.8) is 0 Å². The van der Waals surface area contributed by atoms with Gasteiger partial charge in [0.05, 0.1) is 32.4 Å². The van der Waals surface area contributed by atoms with Crippen molar-refractivity contribution in [1.82, 2.24) is 14.9 Å². The number of ether oxygens (including phenoxy) is 3. The molecule has 0 aliphatic rings. The highest BCUT2D eigenvalue weighted by molar-refractivity contribution is 5.95. The van der Waals surface area contributed by atoms with Gasteiger partial charge in [-0.15, -0.1) is 0 Å². The van der Waals surface area contributed by atoms with Gasteiger partial charge in [0.1, 0.15) is 5.82 Å². The molecule has 0 fully saturated rings. The number of hydrogen-bond donors (Lipinski definition) is 1. The highest BCUT2D eigenvalue weighted by Gasteiger charge is 2.17. The second-order valence-corrected chi connectivity index (χ2v) is 8.50. The van der Waals surface area contributed by atoms with E-state index in [1.807, 2.05) is 6.07 Å². The van der Waals surface area contributed by atoms with Crippen molar-refractivity contribution in [3.05, 3.63) is 47.8 Å². The monoisotopic (exact) mass is 453 g/mol. The van der Waals surface area contributed by atoms with Crippen LogP contribution in [0.2, 0.25) is 0 Å². The van der Waals surface area contributed by atoms with Crippen molar-refractivity contribution >= 4 is 16.9 Å². The van der Waals surface area contributed by atoms with Crippen molar-refractivity contribution in [2.75, 3.05) is 27.9 Å². The molecule has 0 radical (unpaired) electrons. The maximum atomic E-state index is 12.6. The summed E-state index contributed by atoms with van der Waals surface area (Å²) in [6.45, 7) is 6.04. The average Bonchev–Trinajstić information content (AvgIpc) is 3.16. The average molecular weight is 454 g/mol. The molecule has 0 aliphatic heterocycles. The lowest BCUT2D eigenvalue weighted by atomic mass is 10.1. The summed E-state index contributed by atoms with van der Waals surface area (Å²) < 4.78 is 18.3. The number of carbonyl (C=O) groups excluding carboxylic acids is 1. The van der Waals surface area contributed by atoms with Crippen LogP contribution in [0.1, 0.15) is 49.3 Å². The quantitative estimate of drug-likeness (QED) is 0.397. The van der Waals surface area contributed by atoms with E-state index in [0.29, 0.717) is 35.3 Å². The minimum absolute atomic E-state index is 0.159. The number of imidazole rings is 1. The van der Waals surface area contributed by atoms with E-state index >= 15 is 0 Å². The molecule has 3 rings (SSSR count). The van der Waals surface area contributed by atoms with Gasteiger partial charge in [-0.3, -0.25) is 4.79 Å². The van der Waals surface area contributed by atoms with Crippen LogP contribution in [0.25, 0.3) is 11.0 Å². The van der Waals surface area contributed by atoms with E-state index in [9.17, 15) is 4.79 Å². The number of aryl methyl sites for hydroxylation is 1. The second-order valence-electron chi connectivity index (χ2n) is 8.50. The van der Waals surface area contributed by atoms with Gasteiger partial charge in [0.25, 0.3) is 5.91 Å². The van der Waals surface area contributed by atoms with Crippen molar-refractivity contribution in [3.8, 4) is 17.2 Å². The number of aromatic nitrogens is 2. The van der Waals surface area contributed by atoms with Gasteiger partial charge in [-0.2, -0.15) is 0 Å². The third kappa shape index (κ3) is 5.97. The highest BCUT2D eigenvalue weighted by atomic mass is 16.5. The molecular weight excluding hydrogens is 418 g/mol. The number of carbonyl (C=O) groups is 1. The topological polar surface area (TPSA) is 74.6 Å². The Kier molecular flexibility index (Phi) is 8.58. The minimum Gasteiger partial charge on any atom is -0.493 e. The van der Waals surface area contributed by atoms with Crippen LogP contribution in [0.5, 0.6) is 17.2 Å². The molecule has 0 saturated carbocycles. The van der Waals surface area contributed by atoms with Crippen molar-refractivity contribution in [2.24, 2.45) is 5.92 Å². The van der Waals surface area contributed by atoms with Crippen LogP contribution in [0.3, 0.4) is 0 Å². The van der Waals surface area contributed by atoms with Crippen LogP contribution >= 0.6 is 0 Å². The van der Waals surface area contributed by atoms with Crippen LogP contribution in [-0.4, -0.2) is 43.3 Å². The summed E-state index contributed by atoms with van der Waals surface area (Å²) in [6.07, 6.45) is 3.88. The third-order valence-corrected chi connectivity index (χ3v) is 5.57. The molecule has 0 spiro atoms. The third-order valence-electron chi connectivity index (χ3n) is 5.57. The summed E-state index contributed by atoms with van der Waals surface area (Å²) in [4.78, 5) is 17.5. The van der Waals surface area contributed by atoms with Gasteiger partial charge < -0.3 is 24.1 Å². The lowest BCUT2D eigenvalue weighted by Crippen LogP contribution is -2.24. The van der Waals surface area contributed by atoms with Gasteiger partial charge in [0, 0.05) is 25.1 Å². The lowest BCUT2D eigenvalue weighted by Gasteiger charge is -2.14. The normalized spacial score (nSPS) is 11.1. The molecule has 1 N–H and O–H groups in total. The van der Waals surface area contributed by atoms with Crippen LogP contribution < -0.4 is 19.5 Å². The SMILES string of the molecule is COc1cc(C(=O)NCCCCCc2nc3ccccc3n2CC(C)C)cc(OC)c1OC. The molecular formula is C26H35N3O4. The number of amides is 1. The molecule has 0 atom stereocenters. The number of nitrogens with one attached hydrogen (secondary N) is 1. The summed E-state index contributed by atoms with van der Waals surface area (Å²) in [5.74, 6) is 2.95. The smallest absolute Gasteiger partial charge is 0.251 e. The van der Waals surface area contributed by atoms with E-state index in [-0.39, 0.29) is 5.91 Å². The molecule has 1 amide bonds. The van der Waals surface area contributed by atoms with Gasteiger partial charge in [-0.25, -0.2) is 4.98 Å². The maximum absolute atomic E-state index is 12.6. The molecule has 2 aromatic carbocycles. The predicted octanol–water partition coefficient (Wildman–Crippen LogP) is 4.86. The zero-order valence-electron chi connectivity index (χ0n) is 20.3. The van der Waals surface area contributed by atoms with Crippen molar-refractivity contribution in [1.29, 1.82) is 0 Å². The van der Waals surface area contributed by atoms with E-state index in [1.54, 1.807) is 12.1 Å². The Labute approximate surface area is 196 Å². The molecule has 0 unspecified atom stereocenters. The first kappa shape index (κ1) is 24.4. The Hall–Kier alpha value is -3.22. The molecule has 7 nitrogen and oxygen atoms in total. The number of para-hydroxylation sites is 2. The zero-order valence-corrected chi connectivity index (χ0v) is 20.3. The Balaban J connectivity index is 1.51. The minimum atomic E-state index is -0.159. The lowest BCUT2D eigenvalue weighted by molar-refractivity contribution is 0.0952. The van der Waals surface area contributed by atoms with Crippen LogP contribution in [-0.2, 0) is 13.0 Å². The number of nitrogens with zero attached hydrogens (tertiary/aromatic N) is 2. The van der Waals surface area contributed by atoms with E-state index in [1.165, 1.54) is 26.8 Å². The fourth-order valence-corrected chi connectivity index (χ4v) is 3.99. The molecule has 0 saturated heterocycles. The van der Waals surface area contributed by atoms with Gasteiger partial charge in [-0.05, 0) is 43.0 Å². The summed E-state index contributed by atoms with van der Waals surface area (Å²) in [6, 6.07) is 11.7. The number of unbranched alkanes of at least 4 members (excludes halogenated alkanes) is 2. The van der Waals surface area contributed by atoms with E-state index in [4.69, 9.17) is 19.2 Å². The van der Waals surface area contributed by atoms with E-state index in [2.05, 4.69) is 41.9 Å². The molecule has 33 heavy (non-hydrogen) atoms. The first-order valence-electron chi connectivity index (χ1n) is 11.5. The number of fused-ring (bicyclic) bond motifs is 1.